The molecule has 0 radical (unpaired) electrons. The first-order valence-electron chi connectivity index (χ1n) is 13.2. The summed E-state index contributed by atoms with van der Waals surface area (Å²) < 4.78 is 42.9. The molecular weight excluding hydrogens is 601 g/mol. The molecule has 0 saturated carbocycles. The molecule has 41 heavy (non-hydrogen) atoms. The third-order valence-electron chi connectivity index (χ3n) is 8.52. The van der Waals surface area contributed by atoms with Gasteiger partial charge in [-0.3, -0.25) is 14.4 Å². The van der Waals surface area contributed by atoms with E-state index in [1.807, 2.05) is 18.2 Å². The number of anilines is 2. The highest BCUT2D eigenvalue weighted by Gasteiger charge is 2.51. The summed E-state index contributed by atoms with van der Waals surface area (Å²) in [5.74, 6) is -4.84. The van der Waals surface area contributed by atoms with Gasteiger partial charge in [0.15, 0.2) is 17.5 Å². The molecule has 0 bridgehead atoms. The van der Waals surface area contributed by atoms with Gasteiger partial charge in [0.2, 0.25) is 17.7 Å². The van der Waals surface area contributed by atoms with Gasteiger partial charge in [-0.05, 0) is 61.1 Å². The molecule has 2 aromatic carbocycles. The lowest BCUT2D eigenvalue weighted by atomic mass is 9.78. The number of piperidine rings is 1. The number of benzene rings is 2. The third-order valence-corrected chi connectivity index (χ3v) is 9.18. The average Bonchev–Trinajstić information content (AvgIpc) is 3.43. The normalized spacial score (nSPS) is 22.5. The Morgan fingerprint density at radius 2 is 1.88 bits per heavy atom. The smallest absolute Gasteiger partial charge is 0.244 e. The minimum atomic E-state index is -1.63. The molecule has 1 fully saturated rings. The van der Waals surface area contributed by atoms with E-state index in [0.29, 0.717) is 30.8 Å². The van der Waals surface area contributed by atoms with Gasteiger partial charge in [0.25, 0.3) is 0 Å². The number of pyridine rings is 1. The third kappa shape index (κ3) is 4.41. The summed E-state index contributed by atoms with van der Waals surface area (Å²) >= 11 is 3.11. The van der Waals surface area contributed by atoms with Crippen LogP contribution in [0.1, 0.15) is 55.0 Å². The number of likely N-dealkylation sites (tertiary alicyclic amines) is 1. The van der Waals surface area contributed by atoms with Crippen molar-refractivity contribution in [2.75, 3.05) is 17.2 Å². The maximum absolute atomic E-state index is 14.9. The molecule has 11 heteroatoms. The number of hydrogen-bond donors (Lipinski definition) is 2. The molecule has 6 rings (SSSR count). The first-order valence-corrected chi connectivity index (χ1v) is 14.0. The van der Waals surface area contributed by atoms with Crippen LogP contribution in [-0.2, 0) is 32.6 Å². The van der Waals surface area contributed by atoms with Crippen molar-refractivity contribution in [3.05, 3.63) is 86.8 Å². The Balaban J connectivity index is 1.24. The summed E-state index contributed by atoms with van der Waals surface area (Å²) in [6.07, 6.45) is 3.21. The molecule has 2 aliphatic heterocycles. The maximum atomic E-state index is 14.9. The van der Waals surface area contributed by atoms with E-state index < -0.39 is 52.7 Å². The highest BCUT2D eigenvalue weighted by atomic mass is 79.9. The number of nitrogens with one attached hydrogen (secondary N) is 2. The topological polar surface area (TPSA) is 91.4 Å². The fraction of sp³-hybridized carbons (Fsp3) is 0.333. The molecule has 1 aromatic heterocycles. The maximum Gasteiger partial charge on any atom is 0.244 e. The van der Waals surface area contributed by atoms with Crippen LogP contribution in [0, 0.1) is 22.9 Å². The van der Waals surface area contributed by atoms with Crippen molar-refractivity contribution < 1.29 is 27.6 Å². The zero-order valence-electron chi connectivity index (χ0n) is 22.3. The molecule has 2 atom stereocenters. The van der Waals surface area contributed by atoms with Crippen molar-refractivity contribution >= 4 is 45.2 Å². The molecule has 3 amide bonds. The molecule has 3 heterocycles. The van der Waals surface area contributed by atoms with E-state index >= 15 is 0 Å². The van der Waals surface area contributed by atoms with Gasteiger partial charge in [-0.1, -0.05) is 41.9 Å². The van der Waals surface area contributed by atoms with Crippen LogP contribution >= 0.6 is 15.9 Å². The van der Waals surface area contributed by atoms with E-state index in [0.717, 1.165) is 22.8 Å². The van der Waals surface area contributed by atoms with E-state index in [-0.39, 0.29) is 22.4 Å². The lowest BCUT2D eigenvalue weighted by Gasteiger charge is -2.43. The van der Waals surface area contributed by atoms with E-state index in [1.165, 1.54) is 4.90 Å². The van der Waals surface area contributed by atoms with Crippen LogP contribution in [-0.4, -0.2) is 34.2 Å². The first-order chi connectivity index (χ1) is 19.4. The Morgan fingerprint density at radius 1 is 1.12 bits per heavy atom. The van der Waals surface area contributed by atoms with E-state index in [1.54, 1.807) is 32.2 Å². The minimum Gasteiger partial charge on any atom is -0.326 e. The predicted octanol–water partition coefficient (Wildman–Crippen LogP) is 5.58. The highest BCUT2D eigenvalue weighted by molar-refractivity contribution is 9.10. The number of fused-ring (bicyclic) bond motifs is 3. The van der Waals surface area contributed by atoms with E-state index in [4.69, 9.17) is 0 Å². The van der Waals surface area contributed by atoms with Crippen LogP contribution in [0.2, 0.25) is 0 Å². The van der Waals surface area contributed by atoms with Crippen molar-refractivity contribution in [2.24, 2.45) is 5.41 Å². The average molecular weight is 627 g/mol. The number of amides is 3. The standard InChI is InChI=1S/C30H26BrF3N4O3/c1-29(2)8-7-21(23-19(31)11-20(32)24(33)25(23)34)38(28(29)41)14-22(39)36-17-6-5-15-12-30(13-16(15)10-17)18-4-3-9-35-26(18)37-27(30)40/h3-6,9-11,21H,7-8,12-14H2,1-2H3,(H,36,39)(H,35,37,40). The Morgan fingerprint density at radius 3 is 2.66 bits per heavy atom. The molecule has 3 aliphatic rings. The fourth-order valence-electron chi connectivity index (χ4n) is 6.36. The van der Waals surface area contributed by atoms with Gasteiger partial charge in [-0.2, -0.15) is 0 Å². The lowest BCUT2D eigenvalue weighted by Crippen LogP contribution is -2.50. The minimum absolute atomic E-state index is 0.0166. The number of carbonyl (C=O) groups excluding carboxylic acids is 3. The zero-order valence-corrected chi connectivity index (χ0v) is 23.9. The fourth-order valence-corrected chi connectivity index (χ4v) is 7.00. The molecule has 1 spiro atoms. The monoisotopic (exact) mass is 626 g/mol. The molecule has 212 valence electrons. The molecular formula is C30H26BrF3N4O3. The largest absolute Gasteiger partial charge is 0.326 e. The summed E-state index contributed by atoms with van der Waals surface area (Å²) in [6.45, 7) is 3.05. The number of nitrogens with zero attached hydrogens (tertiary/aromatic N) is 2. The number of hydrogen-bond acceptors (Lipinski definition) is 4. The van der Waals surface area contributed by atoms with Gasteiger partial charge in [-0.15, -0.1) is 0 Å². The molecule has 7 nitrogen and oxygen atoms in total. The second-order valence-corrected chi connectivity index (χ2v) is 12.4. The SMILES string of the molecule is CC1(C)CCC(c2c(Br)cc(F)c(F)c2F)N(CC(=O)Nc2ccc3c(c2)CC2(C3)C(=O)Nc3ncccc32)C1=O. The Labute approximate surface area is 242 Å². The Bertz CT molecular complexity index is 1650. The van der Waals surface area contributed by atoms with E-state index in [2.05, 4.69) is 31.5 Å². The van der Waals surface area contributed by atoms with Gasteiger partial charge in [-0.25, -0.2) is 18.2 Å². The molecule has 3 aromatic rings. The Hall–Kier alpha value is -3.73. The number of aromatic nitrogens is 1. The second-order valence-electron chi connectivity index (χ2n) is 11.6. The summed E-state index contributed by atoms with van der Waals surface area (Å²) in [6, 6.07) is 8.97. The number of rotatable bonds is 4. The second kappa shape index (κ2) is 9.68. The van der Waals surface area contributed by atoms with Crippen LogP contribution in [0.4, 0.5) is 24.7 Å². The molecule has 2 N–H and O–H groups in total. The quantitative estimate of drug-likeness (QED) is 0.292. The van der Waals surface area contributed by atoms with Gasteiger partial charge in [0, 0.05) is 32.9 Å². The van der Waals surface area contributed by atoms with E-state index in [9.17, 15) is 27.6 Å². The van der Waals surface area contributed by atoms with Crippen molar-refractivity contribution in [3.8, 4) is 0 Å². The lowest BCUT2D eigenvalue weighted by molar-refractivity contribution is -0.150. The van der Waals surface area contributed by atoms with Crippen molar-refractivity contribution in [2.45, 2.75) is 51.0 Å². The number of halogens is 4. The summed E-state index contributed by atoms with van der Waals surface area (Å²) in [7, 11) is 0. The van der Waals surface area contributed by atoms with Gasteiger partial charge in [0.05, 0.1) is 11.5 Å². The summed E-state index contributed by atoms with van der Waals surface area (Å²) in [4.78, 5) is 45.2. The number of carbonyl (C=O) groups is 3. The van der Waals surface area contributed by atoms with Crippen LogP contribution in [0.3, 0.4) is 0 Å². The van der Waals surface area contributed by atoms with Gasteiger partial charge in [0.1, 0.15) is 12.4 Å². The predicted molar refractivity (Wildman–Crippen MR) is 149 cm³/mol. The van der Waals surface area contributed by atoms with Gasteiger partial charge >= 0.3 is 0 Å². The molecule has 1 saturated heterocycles. The van der Waals surface area contributed by atoms with Crippen LogP contribution in [0.15, 0.2) is 47.1 Å². The van der Waals surface area contributed by atoms with Crippen molar-refractivity contribution in [1.29, 1.82) is 0 Å². The highest BCUT2D eigenvalue weighted by Crippen LogP contribution is 2.47. The Kier molecular flexibility index (Phi) is 6.48. The van der Waals surface area contributed by atoms with Crippen molar-refractivity contribution in [3.63, 3.8) is 0 Å². The molecule has 1 aliphatic carbocycles. The van der Waals surface area contributed by atoms with Crippen LogP contribution in [0.25, 0.3) is 0 Å². The zero-order chi connectivity index (χ0) is 29.3. The summed E-state index contributed by atoms with van der Waals surface area (Å²) in [5.41, 5.74) is 1.45. The first kappa shape index (κ1) is 27.4. The van der Waals surface area contributed by atoms with Crippen LogP contribution < -0.4 is 10.6 Å². The summed E-state index contributed by atoms with van der Waals surface area (Å²) in [5, 5.41) is 5.68. The van der Waals surface area contributed by atoms with Gasteiger partial charge < -0.3 is 15.5 Å². The molecule has 2 unspecified atom stereocenters. The van der Waals surface area contributed by atoms with Crippen LogP contribution in [0.5, 0.6) is 0 Å². The van der Waals surface area contributed by atoms with Crippen molar-refractivity contribution in [1.82, 2.24) is 9.88 Å².